The Morgan fingerprint density at radius 2 is 1.96 bits per heavy atom. The van der Waals surface area contributed by atoms with Crippen molar-refractivity contribution in [1.82, 2.24) is 20.3 Å². The number of hydrogen-bond acceptors (Lipinski definition) is 5. The Labute approximate surface area is 159 Å². The van der Waals surface area contributed by atoms with Gasteiger partial charge in [0.05, 0.1) is 18.0 Å². The third-order valence-electron chi connectivity index (χ3n) is 3.05. The molecule has 23 heavy (non-hydrogen) atoms. The summed E-state index contributed by atoms with van der Waals surface area (Å²) < 4.78 is 25.1. The van der Waals surface area contributed by atoms with Gasteiger partial charge in [0.2, 0.25) is 10.0 Å². The summed E-state index contributed by atoms with van der Waals surface area (Å²) in [5, 5.41) is 7.36. The summed E-state index contributed by atoms with van der Waals surface area (Å²) in [7, 11) is -1.40. The third-order valence-corrected chi connectivity index (χ3v) is 5.53. The van der Waals surface area contributed by atoms with Crippen molar-refractivity contribution >= 4 is 51.3 Å². The molecule has 0 unspecified atom stereocenters. The van der Waals surface area contributed by atoms with Gasteiger partial charge in [0, 0.05) is 25.0 Å². The van der Waals surface area contributed by atoms with Crippen LogP contribution in [0.4, 0.5) is 0 Å². The summed E-state index contributed by atoms with van der Waals surface area (Å²) in [5.41, 5.74) is 1.06. The van der Waals surface area contributed by atoms with Crippen molar-refractivity contribution in [1.29, 1.82) is 0 Å². The number of thiazole rings is 1. The third kappa shape index (κ3) is 8.82. The fourth-order valence-corrected chi connectivity index (χ4v) is 3.15. The predicted octanol–water partition coefficient (Wildman–Crippen LogP) is 1.37. The lowest BCUT2D eigenvalue weighted by Crippen LogP contribution is -2.38. The Morgan fingerprint density at radius 1 is 1.26 bits per heavy atom. The van der Waals surface area contributed by atoms with E-state index in [0.717, 1.165) is 10.7 Å². The second kappa shape index (κ2) is 11.2. The molecule has 0 radical (unpaired) electrons. The fourth-order valence-electron chi connectivity index (χ4n) is 1.62. The molecule has 0 aliphatic heterocycles. The summed E-state index contributed by atoms with van der Waals surface area (Å²) in [6.45, 7) is 7.36. The SMILES string of the molecule is CCS(=O)(=O)NCCCNC(=NC)NCc1nc(C)c(C)s1.I. The van der Waals surface area contributed by atoms with Gasteiger partial charge >= 0.3 is 0 Å². The van der Waals surface area contributed by atoms with Gasteiger partial charge < -0.3 is 10.6 Å². The van der Waals surface area contributed by atoms with Crippen molar-refractivity contribution < 1.29 is 8.42 Å². The molecule has 0 bridgehead atoms. The maximum Gasteiger partial charge on any atom is 0.211 e. The van der Waals surface area contributed by atoms with E-state index in [1.165, 1.54) is 4.88 Å². The number of rotatable bonds is 8. The van der Waals surface area contributed by atoms with Gasteiger partial charge in [-0.2, -0.15) is 0 Å². The average molecular weight is 475 g/mol. The van der Waals surface area contributed by atoms with Crippen LogP contribution in [-0.4, -0.2) is 45.3 Å². The van der Waals surface area contributed by atoms with E-state index < -0.39 is 10.0 Å². The van der Waals surface area contributed by atoms with E-state index in [4.69, 9.17) is 0 Å². The minimum atomic E-state index is -3.10. The molecule has 7 nitrogen and oxygen atoms in total. The molecule has 0 saturated carbocycles. The predicted molar refractivity (Wildman–Crippen MR) is 107 cm³/mol. The molecule has 0 amide bonds. The van der Waals surface area contributed by atoms with Crippen molar-refractivity contribution in [2.45, 2.75) is 33.7 Å². The zero-order chi connectivity index (χ0) is 16.6. The molecule has 1 aromatic rings. The van der Waals surface area contributed by atoms with Crippen LogP contribution in [0.15, 0.2) is 4.99 Å². The van der Waals surface area contributed by atoms with Crippen LogP contribution in [0.2, 0.25) is 0 Å². The Hall–Kier alpha value is -0.460. The van der Waals surface area contributed by atoms with E-state index in [2.05, 4.69) is 32.3 Å². The van der Waals surface area contributed by atoms with Crippen LogP contribution in [0, 0.1) is 13.8 Å². The Kier molecular flexibility index (Phi) is 10.9. The van der Waals surface area contributed by atoms with Crippen LogP contribution < -0.4 is 15.4 Å². The molecular formula is C13H26IN5O2S2. The number of nitrogens with zero attached hydrogens (tertiary/aromatic N) is 2. The lowest BCUT2D eigenvalue weighted by molar-refractivity contribution is 0.579. The number of nitrogens with one attached hydrogen (secondary N) is 3. The van der Waals surface area contributed by atoms with Crippen LogP contribution in [-0.2, 0) is 16.6 Å². The van der Waals surface area contributed by atoms with Crippen LogP contribution in [0.1, 0.15) is 28.9 Å². The molecule has 1 heterocycles. The molecule has 0 atom stereocenters. The summed E-state index contributed by atoms with van der Waals surface area (Å²) >= 11 is 1.67. The molecule has 134 valence electrons. The number of hydrogen-bond donors (Lipinski definition) is 3. The van der Waals surface area contributed by atoms with Crippen molar-refractivity contribution in [3.05, 3.63) is 15.6 Å². The highest BCUT2D eigenvalue weighted by Crippen LogP contribution is 2.15. The van der Waals surface area contributed by atoms with Crippen molar-refractivity contribution in [3.63, 3.8) is 0 Å². The zero-order valence-corrected chi connectivity index (χ0v) is 17.9. The minimum Gasteiger partial charge on any atom is -0.356 e. The number of sulfonamides is 1. The molecule has 0 fully saturated rings. The molecule has 0 aromatic carbocycles. The average Bonchev–Trinajstić information content (AvgIpc) is 2.80. The van der Waals surface area contributed by atoms with Crippen molar-refractivity contribution in [3.8, 4) is 0 Å². The molecule has 0 spiro atoms. The highest BCUT2D eigenvalue weighted by Gasteiger charge is 2.06. The van der Waals surface area contributed by atoms with Gasteiger partial charge in [0.25, 0.3) is 0 Å². The summed E-state index contributed by atoms with van der Waals surface area (Å²) in [6.07, 6.45) is 0.690. The lowest BCUT2D eigenvalue weighted by atomic mass is 10.4. The number of guanidine groups is 1. The topological polar surface area (TPSA) is 95.5 Å². The first-order valence-corrected chi connectivity index (χ1v) is 9.69. The smallest absolute Gasteiger partial charge is 0.211 e. The molecule has 1 rings (SSSR count). The maximum atomic E-state index is 11.3. The fraction of sp³-hybridized carbons (Fsp3) is 0.692. The number of aryl methyl sites for hydroxylation is 2. The molecule has 0 aliphatic rings. The number of aromatic nitrogens is 1. The molecule has 10 heteroatoms. The number of halogens is 1. The summed E-state index contributed by atoms with van der Waals surface area (Å²) in [6, 6.07) is 0. The Morgan fingerprint density at radius 3 is 2.48 bits per heavy atom. The van der Waals surface area contributed by atoms with E-state index in [0.29, 0.717) is 32.0 Å². The van der Waals surface area contributed by atoms with E-state index in [1.807, 2.05) is 6.92 Å². The second-order valence-corrected chi connectivity index (χ2v) is 8.14. The highest BCUT2D eigenvalue weighted by atomic mass is 127. The summed E-state index contributed by atoms with van der Waals surface area (Å²) in [5.74, 6) is 0.792. The maximum absolute atomic E-state index is 11.3. The Bertz CT molecular complexity index is 582. The molecular weight excluding hydrogens is 449 g/mol. The summed E-state index contributed by atoms with van der Waals surface area (Å²) in [4.78, 5) is 9.81. The first-order chi connectivity index (χ1) is 10.4. The molecule has 3 N–H and O–H groups in total. The largest absolute Gasteiger partial charge is 0.356 e. The first-order valence-electron chi connectivity index (χ1n) is 7.22. The van der Waals surface area contributed by atoms with Gasteiger partial charge in [-0.3, -0.25) is 4.99 Å². The standard InChI is InChI=1S/C13H25N5O2S2.HI/c1-5-22(19,20)17-8-6-7-15-13(14-4)16-9-12-18-10(2)11(3)21-12;/h17H,5-9H2,1-4H3,(H2,14,15,16);1H. The Balaban J connectivity index is 0.00000484. The van der Waals surface area contributed by atoms with E-state index in [1.54, 1.807) is 25.3 Å². The van der Waals surface area contributed by atoms with E-state index in [-0.39, 0.29) is 29.7 Å². The first kappa shape index (κ1) is 22.5. The van der Waals surface area contributed by atoms with Gasteiger partial charge in [-0.15, -0.1) is 35.3 Å². The van der Waals surface area contributed by atoms with Crippen LogP contribution in [0.5, 0.6) is 0 Å². The van der Waals surface area contributed by atoms with Crippen LogP contribution in [0.25, 0.3) is 0 Å². The van der Waals surface area contributed by atoms with Gasteiger partial charge in [0.1, 0.15) is 5.01 Å². The second-order valence-electron chi connectivity index (χ2n) is 4.75. The van der Waals surface area contributed by atoms with Crippen molar-refractivity contribution in [2.24, 2.45) is 4.99 Å². The van der Waals surface area contributed by atoms with Gasteiger partial charge in [0.15, 0.2) is 5.96 Å². The van der Waals surface area contributed by atoms with Gasteiger partial charge in [-0.1, -0.05) is 0 Å². The number of aliphatic imine (C=N–C) groups is 1. The minimum absolute atomic E-state index is 0. The monoisotopic (exact) mass is 475 g/mol. The highest BCUT2D eigenvalue weighted by molar-refractivity contribution is 14.0. The van der Waals surface area contributed by atoms with Gasteiger partial charge in [-0.25, -0.2) is 18.1 Å². The van der Waals surface area contributed by atoms with E-state index in [9.17, 15) is 8.42 Å². The molecule has 0 aliphatic carbocycles. The molecule has 0 saturated heterocycles. The lowest BCUT2D eigenvalue weighted by Gasteiger charge is -2.11. The van der Waals surface area contributed by atoms with E-state index >= 15 is 0 Å². The quantitative estimate of drug-likeness (QED) is 0.229. The van der Waals surface area contributed by atoms with Crippen LogP contribution in [0.3, 0.4) is 0 Å². The van der Waals surface area contributed by atoms with Crippen molar-refractivity contribution in [2.75, 3.05) is 25.9 Å². The van der Waals surface area contributed by atoms with Gasteiger partial charge in [-0.05, 0) is 27.2 Å². The molecule has 1 aromatic heterocycles. The zero-order valence-electron chi connectivity index (χ0n) is 14.0. The van der Waals surface area contributed by atoms with Crippen LogP contribution >= 0.6 is 35.3 Å². The normalized spacial score (nSPS) is 11.9.